The Morgan fingerprint density at radius 1 is 0.613 bits per heavy atom. The molecular formula is C20H36F6INO3. The first-order valence-electron chi connectivity index (χ1n) is 10.5. The molecule has 31 heavy (non-hydrogen) atoms. The van der Waals surface area contributed by atoms with Crippen LogP contribution in [0, 0.1) is 0 Å². The molecule has 0 amide bonds. The number of carbonyl (C=O) groups excluding carboxylic acids is 2. The maximum atomic E-state index is 11.2. The SMILES string of the molecule is CCCC[N+](CCCC)(CCCC)CCCC.O=C(OC(=O)C(F)(F)F)C(F)(F)F.[I-]. The quantitative estimate of drug-likeness (QED) is 0.117. The standard InChI is InChI=1S/C16H36N.C4F6O3.HI/c1-5-9-13-17(14-10-6-2,15-11-7-3)16-12-8-4;5-3(6,7)1(11)13-2(12)4(8,9)10;/h5-16H2,1-4H3;;1H/q+1;;/p-1. The molecular weight excluding hydrogens is 543 g/mol. The molecule has 0 unspecified atom stereocenters. The van der Waals surface area contributed by atoms with Gasteiger partial charge in [-0.1, -0.05) is 53.4 Å². The number of quaternary nitrogens is 1. The van der Waals surface area contributed by atoms with E-state index in [1.165, 1.54) is 82.0 Å². The van der Waals surface area contributed by atoms with Crippen LogP contribution in [-0.2, 0) is 14.3 Å². The summed E-state index contributed by atoms with van der Waals surface area (Å²) >= 11 is 0. The molecule has 0 aliphatic heterocycles. The predicted octanol–water partition coefficient (Wildman–Crippen LogP) is 3.19. The zero-order chi connectivity index (χ0) is 23.8. The minimum Gasteiger partial charge on any atom is -1.00 e. The summed E-state index contributed by atoms with van der Waals surface area (Å²) in [6.45, 7) is 15.0. The Hall–Kier alpha value is -0.590. The molecule has 0 saturated heterocycles. The molecule has 0 heterocycles. The number of hydrogen-bond donors (Lipinski definition) is 0. The summed E-state index contributed by atoms with van der Waals surface area (Å²) in [4.78, 5) is 19.3. The number of unbranched alkanes of at least 4 members (excludes halogenated alkanes) is 4. The Labute approximate surface area is 198 Å². The molecule has 0 radical (unpaired) electrons. The Balaban J connectivity index is -0.000000507. The van der Waals surface area contributed by atoms with E-state index in [4.69, 9.17) is 0 Å². The lowest BCUT2D eigenvalue weighted by Gasteiger charge is -2.39. The Morgan fingerprint density at radius 3 is 1.00 bits per heavy atom. The van der Waals surface area contributed by atoms with Crippen LogP contribution in [0.25, 0.3) is 0 Å². The average molecular weight is 579 g/mol. The molecule has 0 aliphatic carbocycles. The number of esters is 2. The van der Waals surface area contributed by atoms with Gasteiger partial charge in [0, 0.05) is 0 Å². The van der Waals surface area contributed by atoms with Crippen LogP contribution < -0.4 is 24.0 Å². The summed E-state index contributed by atoms with van der Waals surface area (Å²) in [6.07, 6.45) is -0.187. The summed E-state index contributed by atoms with van der Waals surface area (Å²) in [6, 6.07) is 0. The molecule has 0 rings (SSSR count). The Bertz CT molecular complexity index is 423. The van der Waals surface area contributed by atoms with Crippen LogP contribution in [0.3, 0.4) is 0 Å². The van der Waals surface area contributed by atoms with Crippen molar-refractivity contribution in [1.82, 2.24) is 0 Å². The number of rotatable bonds is 12. The van der Waals surface area contributed by atoms with E-state index < -0.39 is 24.3 Å². The zero-order valence-corrected chi connectivity index (χ0v) is 21.0. The summed E-state index contributed by atoms with van der Waals surface area (Å²) in [5.41, 5.74) is 0. The topological polar surface area (TPSA) is 43.4 Å². The van der Waals surface area contributed by atoms with Crippen molar-refractivity contribution < 1.29 is 69.1 Å². The smallest absolute Gasteiger partial charge is 0.491 e. The number of carbonyl (C=O) groups is 2. The van der Waals surface area contributed by atoms with E-state index in [1.807, 2.05) is 0 Å². The van der Waals surface area contributed by atoms with Crippen molar-refractivity contribution in [3.05, 3.63) is 0 Å². The molecule has 0 N–H and O–H groups in total. The number of halogens is 7. The van der Waals surface area contributed by atoms with Crippen LogP contribution in [0.1, 0.15) is 79.1 Å². The Morgan fingerprint density at radius 2 is 0.839 bits per heavy atom. The molecule has 0 saturated carbocycles. The van der Waals surface area contributed by atoms with Gasteiger partial charge >= 0.3 is 24.3 Å². The normalized spacial score (nSPS) is 11.8. The highest BCUT2D eigenvalue weighted by atomic mass is 127. The van der Waals surface area contributed by atoms with Gasteiger partial charge in [0.2, 0.25) is 0 Å². The van der Waals surface area contributed by atoms with E-state index in [9.17, 15) is 35.9 Å². The molecule has 11 heteroatoms. The van der Waals surface area contributed by atoms with E-state index in [2.05, 4.69) is 32.4 Å². The number of hydrogen-bond acceptors (Lipinski definition) is 3. The van der Waals surface area contributed by atoms with Crippen molar-refractivity contribution in [1.29, 1.82) is 0 Å². The van der Waals surface area contributed by atoms with Gasteiger partial charge in [-0.3, -0.25) is 0 Å². The van der Waals surface area contributed by atoms with E-state index in [1.54, 1.807) is 0 Å². The predicted molar refractivity (Wildman–Crippen MR) is 103 cm³/mol. The lowest BCUT2D eigenvalue weighted by atomic mass is 10.1. The van der Waals surface area contributed by atoms with Crippen molar-refractivity contribution in [3.63, 3.8) is 0 Å². The molecule has 0 fully saturated rings. The van der Waals surface area contributed by atoms with Crippen molar-refractivity contribution in [3.8, 4) is 0 Å². The van der Waals surface area contributed by atoms with Gasteiger partial charge in [-0.15, -0.1) is 0 Å². The van der Waals surface area contributed by atoms with Crippen LogP contribution in [0.5, 0.6) is 0 Å². The summed E-state index contributed by atoms with van der Waals surface area (Å²) in [5, 5.41) is 0. The molecule has 0 aliphatic rings. The highest BCUT2D eigenvalue weighted by Gasteiger charge is 2.49. The largest absolute Gasteiger partial charge is 1.00 e. The number of nitrogens with zero attached hydrogens (tertiary/aromatic N) is 1. The van der Waals surface area contributed by atoms with E-state index in [-0.39, 0.29) is 24.0 Å². The fourth-order valence-corrected chi connectivity index (χ4v) is 2.84. The van der Waals surface area contributed by atoms with E-state index in [0.29, 0.717) is 0 Å². The van der Waals surface area contributed by atoms with Crippen molar-refractivity contribution in [2.75, 3.05) is 26.2 Å². The molecule has 0 bridgehead atoms. The zero-order valence-electron chi connectivity index (χ0n) is 18.8. The summed E-state index contributed by atoms with van der Waals surface area (Å²) in [5.74, 6) is -6.40. The molecule has 4 nitrogen and oxygen atoms in total. The van der Waals surface area contributed by atoms with Crippen LogP contribution in [-0.4, -0.2) is 55.0 Å². The molecule has 0 spiro atoms. The first-order valence-corrected chi connectivity index (χ1v) is 10.5. The monoisotopic (exact) mass is 579 g/mol. The van der Waals surface area contributed by atoms with Crippen LogP contribution in [0.2, 0.25) is 0 Å². The maximum absolute atomic E-state index is 11.2. The Kier molecular flexibility index (Phi) is 20.2. The average Bonchev–Trinajstić information content (AvgIpc) is 2.66. The lowest BCUT2D eigenvalue weighted by molar-refractivity contribution is -0.929. The van der Waals surface area contributed by atoms with Gasteiger partial charge in [0.15, 0.2) is 0 Å². The van der Waals surface area contributed by atoms with Gasteiger partial charge in [-0.2, -0.15) is 26.3 Å². The van der Waals surface area contributed by atoms with Crippen molar-refractivity contribution in [2.24, 2.45) is 0 Å². The van der Waals surface area contributed by atoms with Gasteiger partial charge in [0.1, 0.15) is 0 Å². The summed E-state index contributed by atoms with van der Waals surface area (Å²) in [7, 11) is 0. The van der Waals surface area contributed by atoms with Crippen molar-refractivity contribution in [2.45, 2.75) is 91.4 Å². The molecule has 188 valence electrons. The molecule has 0 aromatic heterocycles. The molecule has 0 aromatic carbocycles. The number of ether oxygens (including phenoxy) is 1. The highest BCUT2D eigenvalue weighted by Crippen LogP contribution is 2.21. The fraction of sp³-hybridized carbons (Fsp3) is 0.900. The highest BCUT2D eigenvalue weighted by molar-refractivity contribution is 5.90. The third kappa shape index (κ3) is 17.6. The van der Waals surface area contributed by atoms with E-state index >= 15 is 0 Å². The second-order valence-corrected chi connectivity index (χ2v) is 7.32. The van der Waals surface area contributed by atoms with Crippen LogP contribution in [0.4, 0.5) is 26.3 Å². The van der Waals surface area contributed by atoms with Crippen LogP contribution in [0.15, 0.2) is 0 Å². The lowest BCUT2D eigenvalue weighted by Crippen LogP contribution is -3.00. The third-order valence-corrected chi connectivity index (χ3v) is 4.59. The third-order valence-electron chi connectivity index (χ3n) is 4.59. The van der Waals surface area contributed by atoms with E-state index in [0.717, 1.165) is 0 Å². The van der Waals surface area contributed by atoms with Gasteiger partial charge in [0.05, 0.1) is 26.2 Å². The van der Waals surface area contributed by atoms with Gasteiger partial charge in [-0.25, -0.2) is 9.59 Å². The minimum absolute atomic E-state index is 0. The van der Waals surface area contributed by atoms with Gasteiger partial charge in [-0.05, 0) is 25.7 Å². The first kappa shape index (κ1) is 35.0. The minimum atomic E-state index is -5.62. The number of alkyl halides is 6. The molecule has 0 atom stereocenters. The second kappa shape index (κ2) is 17.9. The summed E-state index contributed by atoms with van der Waals surface area (Å²) < 4.78 is 71.1. The van der Waals surface area contributed by atoms with Crippen LogP contribution >= 0.6 is 0 Å². The first-order chi connectivity index (χ1) is 13.8. The fourth-order valence-electron chi connectivity index (χ4n) is 2.84. The maximum Gasteiger partial charge on any atom is 0.491 e. The van der Waals surface area contributed by atoms with Gasteiger partial charge < -0.3 is 33.2 Å². The second-order valence-electron chi connectivity index (χ2n) is 7.32. The van der Waals surface area contributed by atoms with Crippen molar-refractivity contribution >= 4 is 11.9 Å². The molecule has 0 aromatic rings. The van der Waals surface area contributed by atoms with Gasteiger partial charge in [0.25, 0.3) is 0 Å².